The summed E-state index contributed by atoms with van der Waals surface area (Å²) in [6, 6.07) is 0. The van der Waals surface area contributed by atoms with Gasteiger partial charge in [-0.1, -0.05) is 6.92 Å². The summed E-state index contributed by atoms with van der Waals surface area (Å²) in [4.78, 5) is 25.7. The number of ether oxygens (including phenoxy) is 1. The Morgan fingerprint density at radius 3 is 2.67 bits per heavy atom. The van der Waals surface area contributed by atoms with E-state index in [1.54, 1.807) is 0 Å². The Bertz CT molecular complexity index is 597. The maximum atomic E-state index is 11.9. The van der Waals surface area contributed by atoms with Crippen molar-refractivity contribution in [1.29, 1.82) is 0 Å². The van der Waals surface area contributed by atoms with Gasteiger partial charge in [0.25, 0.3) is 5.56 Å². The zero-order chi connectivity index (χ0) is 15.6. The number of hydrogen-bond donors (Lipinski definition) is 5. The minimum Gasteiger partial charge on any atom is -0.394 e. The molecule has 1 saturated heterocycles. The van der Waals surface area contributed by atoms with E-state index in [1.807, 2.05) is 6.92 Å². The van der Waals surface area contributed by atoms with E-state index in [0.29, 0.717) is 6.54 Å². The molecule has 1 fully saturated rings. The van der Waals surface area contributed by atoms with Crippen molar-refractivity contribution in [2.24, 2.45) is 0 Å². The third-order valence-corrected chi connectivity index (χ3v) is 3.42. The Balaban J connectivity index is 2.35. The van der Waals surface area contributed by atoms with Crippen LogP contribution in [0.1, 0.15) is 18.6 Å². The fourth-order valence-electron chi connectivity index (χ4n) is 2.24. The van der Waals surface area contributed by atoms with Gasteiger partial charge in [0.1, 0.15) is 24.4 Å². The number of H-pyrrole nitrogens is 1. The van der Waals surface area contributed by atoms with Crippen LogP contribution in [-0.2, 0) is 11.4 Å². The van der Waals surface area contributed by atoms with Crippen molar-refractivity contribution in [2.75, 3.05) is 13.2 Å². The number of nitrogens with zero attached hydrogens (tertiary/aromatic N) is 1. The van der Waals surface area contributed by atoms with Crippen LogP contribution < -0.4 is 16.6 Å². The Labute approximate surface area is 119 Å². The summed E-state index contributed by atoms with van der Waals surface area (Å²) in [5, 5.41) is 31.6. The second kappa shape index (κ2) is 6.50. The van der Waals surface area contributed by atoms with Gasteiger partial charge in [-0.15, -0.1) is 0 Å². The van der Waals surface area contributed by atoms with Crippen molar-refractivity contribution < 1.29 is 20.1 Å². The first kappa shape index (κ1) is 15.9. The van der Waals surface area contributed by atoms with Crippen LogP contribution in [0.5, 0.6) is 0 Å². The monoisotopic (exact) mass is 301 g/mol. The molecule has 0 saturated carbocycles. The highest BCUT2D eigenvalue weighted by Gasteiger charge is 2.44. The highest BCUT2D eigenvalue weighted by Crippen LogP contribution is 2.31. The van der Waals surface area contributed by atoms with Crippen LogP contribution in [0.4, 0.5) is 0 Å². The molecule has 1 aliphatic rings. The minimum absolute atomic E-state index is 0.0232. The predicted molar refractivity (Wildman–Crippen MR) is 71.7 cm³/mol. The predicted octanol–water partition coefficient (Wildman–Crippen LogP) is -2.74. The van der Waals surface area contributed by atoms with Gasteiger partial charge >= 0.3 is 5.69 Å². The van der Waals surface area contributed by atoms with E-state index in [9.17, 15) is 19.8 Å². The fourth-order valence-corrected chi connectivity index (χ4v) is 2.24. The van der Waals surface area contributed by atoms with E-state index in [2.05, 4.69) is 10.3 Å². The quantitative estimate of drug-likeness (QED) is 0.398. The summed E-state index contributed by atoms with van der Waals surface area (Å²) in [5.41, 5.74) is -1.26. The van der Waals surface area contributed by atoms with Crippen LogP contribution in [0, 0.1) is 0 Å². The second-order valence-electron chi connectivity index (χ2n) is 4.83. The minimum atomic E-state index is -1.35. The summed E-state index contributed by atoms with van der Waals surface area (Å²) in [7, 11) is 0. The van der Waals surface area contributed by atoms with Gasteiger partial charge in [0.2, 0.25) is 0 Å². The lowest BCUT2D eigenvalue weighted by molar-refractivity contribution is -0.0233. The number of aromatic nitrogens is 2. The lowest BCUT2D eigenvalue weighted by Gasteiger charge is -2.15. The molecule has 2 unspecified atom stereocenters. The molecule has 1 aliphatic heterocycles. The first-order valence-electron chi connectivity index (χ1n) is 6.66. The lowest BCUT2D eigenvalue weighted by atomic mass is 10.0. The average Bonchev–Trinajstić information content (AvgIpc) is 2.74. The van der Waals surface area contributed by atoms with Gasteiger partial charge < -0.3 is 20.1 Å². The molecule has 0 aliphatic carbocycles. The Kier molecular flexibility index (Phi) is 4.91. The second-order valence-corrected chi connectivity index (χ2v) is 4.83. The lowest BCUT2D eigenvalue weighted by Crippen LogP contribution is -2.38. The van der Waals surface area contributed by atoms with E-state index in [0.717, 1.165) is 0 Å². The molecular formula is C12H19N3O6. The maximum absolute atomic E-state index is 11.9. The smallest absolute Gasteiger partial charge is 0.329 e. The third-order valence-electron chi connectivity index (χ3n) is 3.42. The molecular weight excluding hydrogens is 282 g/mol. The van der Waals surface area contributed by atoms with E-state index in [4.69, 9.17) is 9.84 Å². The Morgan fingerprint density at radius 1 is 1.38 bits per heavy atom. The number of aliphatic hydroxyl groups is 3. The third kappa shape index (κ3) is 3.06. The van der Waals surface area contributed by atoms with Gasteiger partial charge in [0, 0.05) is 6.20 Å². The molecule has 0 radical (unpaired) electrons. The maximum Gasteiger partial charge on any atom is 0.329 e. The van der Waals surface area contributed by atoms with Gasteiger partial charge in [-0.3, -0.25) is 19.7 Å². The molecule has 1 aromatic rings. The van der Waals surface area contributed by atoms with Crippen LogP contribution in [0.2, 0.25) is 0 Å². The normalized spacial score (nSPS) is 29.0. The molecule has 9 nitrogen and oxygen atoms in total. The van der Waals surface area contributed by atoms with Crippen molar-refractivity contribution in [2.45, 2.75) is 38.0 Å². The van der Waals surface area contributed by atoms with Crippen LogP contribution in [0.15, 0.2) is 15.8 Å². The van der Waals surface area contributed by atoms with Crippen LogP contribution >= 0.6 is 0 Å². The zero-order valence-corrected chi connectivity index (χ0v) is 11.5. The van der Waals surface area contributed by atoms with Gasteiger partial charge in [-0.25, -0.2) is 4.79 Å². The number of rotatable bonds is 5. The Hall–Kier alpha value is -1.52. The largest absolute Gasteiger partial charge is 0.394 e. The van der Waals surface area contributed by atoms with Crippen molar-refractivity contribution >= 4 is 0 Å². The molecule has 0 aromatic carbocycles. The summed E-state index contributed by atoms with van der Waals surface area (Å²) in [6.07, 6.45) is -3.45. The van der Waals surface area contributed by atoms with Crippen molar-refractivity contribution in [3.63, 3.8) is 0 Å². The zero-order valence-electron chi connectivity index (χ0n) is 11.5. The number of nitrogens with one attached hydrogen (secondary N) is 2. The van der Waals surface area contributed by atoms with Crippen molar-refractivity contribution in [1.82, 2.24) is 14.9 Å². The van der Waals surface area contributed by atoms with E-state index < -0.39 is 42.3 Å². The molecule has 1 aromatic heterocycles. The summed E-state index contributed by atoms with van der Waals surface area (Å²) < 4.78 is 6.53. The molecule has 0 bridgehead atoms. The molecule has 21 heavy (non-hydrogen) atoms. The SMILES string of the molecule is CCNCn1cc([C@@H]2O[C@H](CO)C(O)C2O)c(=O)[nH]c1=O. The van der Waals surface area contributed by atoms with Crippen LogP contribution in [-0.4, -0.2) is 56.3 Å². The first-order valence-corrected chi connectivity index (χ1v) is 6.66. The molecule has 0 spiro atoms. The van der Waals surface area contributed by atoms with E-state index >= 15 is 0 Å². The standard InChI is InChI=1S/C12H19N3O6/c1-2-13-5-15-3-6(11(19)14-12(15)20)10-9(18)8(17)7(4-16)21-10/h3,7-10,13,16-18H,2,4-5H2,1H3,(H,14,19,20)/t7-,8?,9?,10+/m1/s1. The molecule has 4 atom stereocenters. The van der Waals surface area contributed by atoms with Gasteiger partial charge in [-0.05, 0) is 6.54 Å². The fraction of sp³-hybridized carbons (Fsp3) is 0.667. The number of aromatic amines is 1. The topological polar surface area (TPSA) is 137 Å². The highest BCUT2D eigenvalue weighted by molar-refractivity contribution is 5.14. The van der Waals surface area contributed by atoms with Crippen molar-refractivity contribution in [3.8, 4) is 0 Å². The molecule has 2 heterocycles. The van der Waals surface area contributed by atoms with Gasteiger partial charge in [0.15, 0.2) is 0 Å². The van der Waals surface area contributed by atoms with Crippen LogP contribution in [0.3, 0.4) is 0 Å². The van der Waals surface area contributed by atoms with Crippen molar-refractivity contribution in [3.05, 3.63) is 32.6 Å². The van der Waals surface area contributed by atoms with E-state index in [1.165, 1.54) is 10.8 Å². The molecule has 0 amide bonds. The molecule has 2 rings (SSSR count). The first-order chi connectivity index (χ1) is 9.99. The average molecular weight is 301 g/mol. The summed E-state index contributed by atoms with van der Waals surface area (Å²) in [6.45, 7) is 2.20. The van der Waals surface area contributed by atoms with Crippen LogP contribution in [0.25, 0.3) is 0 Å². The molecule has 9 heteroatoms. The summed E-state index contributed by atoms with van der Waals surface area (Å²) >= 11 is 0. The Morgan fingerprint density at radius 2 is 2.10 bits per heavy atom. The highest BCUT2D eigenvalue weighted by atomic mass is 16.6. The number of aliphatic hydroxyl groups excluding tert-OH is 3. The molecule has 118 valence electrons. The summed E-state index contributed by atoms with van der Waals surface area (Å²) in [5.74, 6) is 0. The van der Waals surface area contributed by atoms with Gasteiger partial charge in [-0.2, -0.15) is 0 Å². The van der Waals surface area contributed by atoms with E-state index in [-0.39, 0.29) is 12.2 Å². The van der Waals surface area contributed by atoms with Gasteiger partial charge in [0.05, 0.1) is 18.8 Å². The molecule has 5 N–H and O–H groups in total. The number of hydrogen-bond acceptors (Lipinski definition) is 7.